The van der Waals surface area contributed by atoms with Crippen molar-refractivity contribution in [3.05, 3.63) is 22.4 Å². The van der Waals surface area contributed by atoms with Gasteiger partial charge in [-0.3, -0.25) is 14.7 Å². The predicted octanol–water partition coefficient (Wildman–Crippen LogP) is 2.23. The minimum absolute atomic E-state index is 0.0478. The number of amides is 1. The lowest BCUT2D eigenvalue weighted by Crippen LogP contribution is -2.65. The summed E-state index contributed by atoms with van der Waals surface area (Å²) in [6.07, 6.45) is 3.10. The predicted molar refractivity (Wildman–Crippen MR) is 96.2 cm³/mol. The molecule has 0 spiro atoms. The van der Waals surface area contributed by atoms with E-state index in [0.29, 0.717) is 26.1 Å². The maximum Gasteiger partial charge on any atom is 0.239 e. The Labute approximate surface area is 155 Å². The summed E-state index contributed by atoms with van der Waals surface area (Å²) in [5, 5.41) is 9.80. The first kappa shape index (κ1) is 17.0. The van der Waals surface area contributed by atoms with E-state index in [1.165, 1.54) is 0 Å². The third-order valence-corrected chi connectivity index (χ3v) is 6.21. The number of nitriles is 1. The van der Waals surface area contributed by atoms with Crippen molar-refractivity contribution >= 4 is 27.5 Å². The molecule has 2 aliphatic heterocycles. The van der Waals surface area contributed by atoms with Gasteiger partial charge in [0.25, 0.3) is 0 Å². The smallest absolute Gasteiger partial charge is 0.239 e. The van der Waals surface area contributed by atoms with Crippen LogP contribution in [-0.2, 0) is 14.9 Å². The number of morpholine rings is 1. The molecule has 0 unspecified atom stereocenters. The average molecular weight is 405 g/mol. The molecule has 132 valence electrons. The molecule has 3 aliphatic rings. The van der Waals surface area contributed by atoms with E-state index < -0.39 is 11.0 Å². The van der Waals surface area contributed by atoms with E-state index in [0.717, 1.165) is 28.9 Å². The number of ether oxygens (including phenoxy) is 1. The number of hydrogen-bond acceptors (Lipinski definition) is 5. The number of pyridine rings is 1. The van der Waals surface area contributed by atoms with E-state index in [-0.39, 0.29) is 11.9 Å². The van der Waals surface area contributed by atoms with E-state index in [9.17, 15) is 10.1 Å². The first-order valence-electron chi connectivity index (χ1n) is 8.63. The van der Waals surface area contributed by atoms with Gasteiger partial charge in [-0.15, -0.1) is 0 Å². The number of nitrogens with zero attached hydrogens (tertiary/aromatic N) is 4. The Kier molecular flexibility index (Phi) is 3.91. The van der Waals surface area contributed by atoms with Gasteiger partial charge in [0.2, 0.25) is 5.91 Å². The van der Waals surface area contributed by atoms with Crippen LogP contribution < -0.4 is 4.90 Å². The van der Waals surface area contributed by atoms with Crippen molar-refractivity contribution in [2.24, 2.45) is 0 Å². The quantitative estimate of drug-likeness (QED) is 0.755. The van der Waals surface area contributed by atoms with E-state index in [1.54, 1.807) is 6.20 Å². The lowest BCUT2D eigenvalue weighted by atomic mass is 9.71. The molecule has 7 heteroatoms. The standard InChI is InChI=1S/C18H21BrN4O2/c1-17(2)15-14(7-12(19)10-21-15)23(16(17)24)13-8-18(9-13,11-20)22-3-5-25-6-4-22/h7,10,13H,3-6,8-9H2,1-2H3. The molecule has 0 bridgehead atoms. The normalized spacial score (nSPS) is 31.4. The van der Waals surface area contributed by atoms with Gasteiger partial charge in [0.05, 0.1) is 36.1 Å². The molecular formula is C18H21BrN4O2. The molecule has 3 heterocycles. The van der Waals surface area contributed by atoms with Crippen LogP contribution in [0.4, 0.5) is 5.69 Å². The summed E-state index contributed by atoms with van der Waals surface area (Å²) in [5.41, 5.74) is 0.602. The fraction of sp³-hybridized carbons (Fsp3) is 0.611. The summed E-state index contributed by atoms with van der Waals surface area (Å²) in [7, 11) is 0. The molecule has 25 heavy (non-hydrogen) atoms. The van der Waals surface area contributed by atoms with Crippen molar-refractivity contribution in [3.63, 3.8) is 0 Å². The summed E-state index contributed by atoms with van der Waals surface area (Å²) in [5.74, 6) is 0.0756. The van der Waals surface area contributed by atoms with Crippen LogP contribution in [0.5, 0.6) is 0 Å². The maximum atomic E-state index is 13.1. The molecule has 1 saturated carbocycles. The summed E-state index contributed by atoms with van der Waals surface area (Å²) < 4.78 is 6.27. The van der Waals surface area contributed by atoms with Gasteiger partial charge in [0.15, 0.2) is 0 Å². The number of rotatable bonds is 2. The second-order valence-corrected chi connectivity index (χ2v) is 8.54. The molecule has 1 aromatic heterocycles. The zero-order chi connectivity index (χ0) is 17.8. The highest BCUT2D eigenvalue weighted by Gasteiger charge is 2.57. The summed E-state index contributed by atoms with van der Waals surface area (Å²) in [6, 6.07) is 4.53. The van der Waals surface area contributed by atoms with Crippen LogP contribution in [0.15, 0.2) is 16.7 Å². The Morgan fingerprint density at radius 3 is 2.68 bits per heavy atom. The van der Waals surface area contributed by atoms with Crippen LogP contribution in [0.1, 0.15) is 32.4 Å². The van der Waals surface area contributed by atoms with Crippen LogP contribution in [0.25, 0.3) is 0 Å². The molecule has 2 fully saturated rings. The summed E-state index contributed by atoms with van der Waals surface area (Å²) in [4.78, 5) is 21.7. The van der Waals surface area contributed by atoms with Gasteiger partial charge >= 0.3 is 0 Å². The number of aromatic nitrogens is 1. The lowest BCUT2D eigenvalue weighted by molar-refractivity contribution is -0.123. The minimum Gasteiger partial charge on any atom is -0.379 e. The zero-order valence-electron chi connectivity index (χ0n) is 14.5. The second kappa shape index (κ2) is 5.76. The van der Waals surface area contributed by atoms with E-state index in [4.69, 9.17) is 4.74 Å². The Morgan fingerprint density at radius 2 is 2.04 bits per heavy atom. The molecule has 0 N–H and O–H groups in total. The highest BCUT2D eigenvalue weighted by Crippen LogP contribution is 2.49. The van der Waals surface area contributed by atoms with Gasteiger partial charge < -0.3 is 9.64 Å². The Hall–Kier alpha value is -1.49. The molecule has 1 saturated heterocycles. The zero-order valence-corrected chi connectivity index (χ0v) is 16.0. The van der Waals surface area contributed by atoms with Crippen molar-refractivity contribution in [2.45, 2.75) is 43.7 Å². The van der Waals surface area contributed by atoms with Crippen molar-refractivity contribution in [1.82, 2.24) is 9.88 Å². The Balaban J connectivity index is 1.61. The van der Waals surface area contributed by atoms with Gasteiger partial charge in [0, 0.05) is 42.6 Å². The number of anilines is 1. The molecule has 1 aliphatic carbocycles. The van der Waals surface area contributed by atoms with Crippen LogP contribution in [-0.4, -0.2) is 53.7 Å². The van der Waals surface area contributed by atoms with Crippen LogP contribution in [0.3, 0.4) is 0 Å². The van der Waals surface area contributed by atoms with Crippen LogP contribution in [0, 0.1) is 11.3 Å². The van der Waals surface area contributed by atoms with Crippen molar-refractivity contribution < 1.29 is 9.53 Å². The highest BCUT2D eigenvalue weighted by atomic mass is 79.9. The van der Waals surface area contributed by atoms with E-state index >= 15 is 0 Å². The van der Waals surface area contributed by atoms with E-state index in [1.807, 2.05) is 24.8 Å². The molecule has 1 aromatic rings. The monoisotopic (exact) mass is 404 g/mol. The summed E-state index contributed by atoms with van der Waals surface area (Å²) >= 11 is 3.46. The molecule has 0 atom stereocenters. The Bertz CT molecular complexity index is 761. The Morgan fingerprint density at radius 1 is 1.36 bits per heavy atom. The van der Waals surface area contributed by atoms with Gasteiger partial charge in [-0.05, 0) is 35.8 Å². The number of carbonyl (C=O) groups is 1. The van der Waals surface area contributed by atoms with Gasteiger partial charge in [-0.2, -0.15) is 5.26 Å². The minimum atomic E-state index is -0.625. The van der Waals surface area contributed by atoms with Crippen molar-refractivity contribution in [3.8, 4) is 6.07 Å². The number of fused-ring (bicyclic) bond motifs is 1. The van der Waals surface area contributed by atoms with Gasteiger partial charge in [-0.25, -0.2) is 0 Å². The maximum absolute atomic E-state index is 13.1. The highest BCUT2D eigenvalue weighted by molar-refractivity contribution is 9.10. The summed E-state index contributed by atoms with van der Waals surface area (Å²) in [6.45, 7) is 6.75. The first-order chi connectivity index (χ1) is 11.9. The fourth-order valence-corrected chi connectivity index (χ4v) is 4.60. The van der Waals surface area contributed by atoms with Crippen LogP contribution in [0.2, 0.25) is 0 Å². The van der Waals surface area contributed by atoms with Gasteiger partial charge in [-0.1, -0.05) is 0 Å². The fourth-order valence-electron chi connectivity index (χ4n) is 4.28. The molecule has 1 amide bonds. The third kappa shape index (κ3) is 2.42. The molecule has 0 aromatic carbocycles. The van der Waals surface area contributed by atoms with E-state index in [2.05, 4.69) is 31.9 Å². The lowest BCUT2D eigenvalue weighted by Gasteiger charge is -2.53. The average Bonchev–Trinajstić information content (AvgIpc) is 2.75. The molecular weight excluding hydrogens is 384 g/mol. The SMILES string of the molecule is CC1(C)C(=O)N(C2CC(C#N)(N3CCOCC3)C2)c2cc(Br)cnc21. The number of hydrogen-bond donors (Lipinski definition) is 0. The number of carbonyl (C=O) groups excluding carboxylic acids is 1. The molecule has 6 nitrogen and oxygen atoms in total. The topological polar surface area (TPSA) is 69.5 Å². The van der Waals surface area contributed by atoms with Crippen molar-refractivity contribution in [2.75, 3.05) is 31.2 Å². The van der Waals surface area contributed by atoms with Gasteiger partial charge in [0.1, 0.15) is 5.54 Å². The largest absolute Gasteiger partial charge is 0.379 e. The van der Waals surface area contributed by atoms with Crippen molar-refractivity contribution in [1.29, 1.82) is 5.26 Å². The molecule has 0 radical (unpaired) electrons. The molecule has 4 rings (SSSR count). The number of halogens is 1. The second-order valence-electron chi connectivity index (χ2n) is 7.63. The first-order valence-corrected chi connectivity index (χ1v) is 9.42. The van der Waals surface area contributed by atoms with Crippen LogP contribution >= 0.6 is 15.9 Å². The third-order valence-electron chi connectivity index (χ3n) is 5.78.